The van der Waals surface area contributed by atoms with Crippen molar-refractivity contribution in [3.8, 4) is 0 Å². The van der Waals surface area contributed by atoms with Crippen molar-refractivity contribution in [1.29, 1.82) is 0 Å². The number of unbranched alkanes of at least 4 members (excludes halogenated alkanes) is 11. The Kier molecular flexibility index (Phi) is 23.5. The standard InChI is InChI=1S/C23H50P.ClH/c1-5-9-10-11-12-13-14-15-16-17-18-19-23-24(20-6-2,21-7-3)22-8-4;/h5-23H2,1-4H3;1H/q+1;/p-1. The minimum Gasteiger partial charge on any atom is -1.00 e. The topological polar surface area (TPSA) is 0 Å². The van der Waals surface area contributed by atoms with Gasteiger partial charge in [0.25, 0.3) is 0 Å². The molecule has 0 rings (SSSR count). The minimum atomic E-state index is -0.576. The third kappa shape index (κ3) is 16.6. The molecule has 0 aromatic heterocycles. The van der Waals surface area contributed by atoms with Crippen LogP contribution >= 0.6 is 7.26 Å². The molecule has 0 nitrogen and oxygen atoms in total. The van der Waals surface area contributed by atoms with Gasteiger partial charge in [-0.1, -0.05) is 91.9 Å². The minimum absolute atomic E-state index is 0. The second-order valence-corrected chi connectivity index (χ2v) is 12.6. The van der Waals surface area contributed by atoms with Crippen LogP contribution in [0, 0.1) is 0 Å². The van der Waals surface area contributed by atoms with Gasteiger partial charge in [0.15, 0.2) is 0 Å². The average Bonchev–Trinajstić information content (AvgIpc) is 2.56. The zero-order valence-electron chi connectivity index (χ0n) is 18.3. The van der Waals surface area contributed by atoms with Gasteiger partial charge in [-0.15, -0.1) is 0 Å². The van der Waals surface area contributed by atoms with Crippen LogP contribution in [0.5, 0.6) is 0 Å². The van der Waals surface area contributed by atoms with Crippen molar-refractivity contribution >= 4 is 7.26 Å². The summed E-state index contributed by atoms with van der Waals surface area (Å²) in [6.07, 6.45) is 28.4. The Morgan fingerprint density at radius 2 is 0.680 bits per heavy atom. The number of hydrogen-bond acceptors (Lipinski definition) is 0. The fourth-order valence-corrected chi connectivity index (χ4v) is 9.46. The number of hydrogen-bond donors (Lipinski definition) is 0. The molecule has 0 aromatic rings. The highest BCUT2D eigenvalue weighted by molar-refractivity contribution is 7.75. The van der Waals surface area contributed by atoms with Crippen molar-refractivity contribution in [3.63, 3.8) is 0 Å². The van der Waals surface area contributed by atoms with Gasteiger partial charge < -0.3 is 12.4 Å². The van der Waals surface area contributed by atoms with Crippen molar-refractivity contribution in [1.82, 2.24) is 0 Å². The highest BCUT2D eigenvalue weighted by Gasteiger charge is 2.33. The molecule has 0 aliphatic heterocycles. The van der Waals surface area contributed by atoms with Crippen LogP contribution in [-0.4, -0.2) is 24.6 Å². The highest BCUT2D eigenvalue weighted by Crippen LogP contribution is 2.60. The first kappa shape index (κ1) is 27.9. The Morgan fingerprint density at radius 3 is 1.00 bits per heavy atom. The van der Waals surface area contributed by atoms with E-state index >= 15 is 0 Å². The van der Waals surface area contributed by atoms with Crippen LogP contribution in [0.2, 0.25) is 0 Å². The Bertz CT molecular complexity index is 225. The molecule has 0 radical (unpaired) electrons. The maximum atomic E-state index is 2.41. The molecule has 25 heavy (non-hydrogen) atoms. The average molecular weight is 393 g/mol. The molecule has 0 spiro atoms. The van der Waals surface area contributed by atoms with Gasteiger partial charge in [-0.2, -0.15) is 0 Å². The van der Waals surface area contributed by atoms with E-state index in [0.29, 0.717) is 0 Å². The van der Waals surface area contributed by atoms with Gasteiger partial charge in [-0.05, 0) is 32.1 Å². The lowest BCUT2D eigenvalue weighted by atomic mass is 10.1. The molecule has 0 heterocycles. The maximum Gasteiger partial charge on any atom is 0.0594 e. The van der Waals surface area contributed by atoms with Crippen molar-refractivity contribution in [3.05, 3.63) is 0 Å². The molecule has 0 saturated heterocycles. The smallest absolute Gasteiger partial charge is 0.0594 e. The molecular formula is C23H50ClP. The molecular weight excluding hydrogens is 343 g/mol. The van der Waals surface area contributed by atoms with Crippen molar-refractivity contribution in [2.75, 3.05) is 24.6 Å². The third-order valence-electron chi connectivity index (χ3n) is 5.58. The van der Waals surface area contributed by atoms with Gasteiger partial charge in [0.1, 0.15) is 0 Å². The molecule has 0 aromatic carbocycles. The molecule has 2 heteroatoms. The van der Waals surface area contributed by atoms with Gasteiger partial charge in [0, 0.05) is 7.26 Å². The summed E-state index contributed by atoms with van der Waals surface area (Å²) in [6, 6.07) is 0. The number of rotatable bonds is 19. The van der Waals surface area contributed by atoms with Crippen LogP contribution in [0.15, 0.2) is 0 Å². The van der Waals surface area contributed by atoms with E-state index in [1.807, 2.05) is 0 Å². The zero-order chi connectivity index (χ0) is 17.9. The van der Waals surface area contributed by atoms with E-state index in [9.17, 15) is 0 Å². The molecule has 0 N–H and O–H groups in total. The van der Waals surface area contributed by atoms with E-state index in [2.05, 4.69) is 27.7 Å². The lowest BCUT2D eigenvalue weighted by molar-refractivity contribution is -0.00000560. The lowest BCUT2D eigenvalue weighted by Gasteiger charge is -2.27. The monoisotopic (exact) mass is 392 g/mol. The molecule has 0 saturated carbocycles. The first-order valence-electron chi connectivity index (χ1n) is 11.6. The van der Waals surface area contributed by atoms with Crippen molar-refractivity contribution < 1.29 is 12.4 Å². The second kappa shape index (κ2) is 21.0. The van der Waals surface area contributed by atoms with E-state index in [-0.39, 0.29) is 12.4 Å². The highest BCUT2D eigenvalue weighted by atomic mass is 35.5. The first-order valence-corrected chi connectivity index (χ1v) is 14.1. The summed E-state index contributed by atoms with van der Waals surface area (Å²) < 4.78 is 0. The van der Waals surface area contributed by atoms with Crippen LogP contribution in [-0.2, 0) is 0 Å². The Morgan fingerprint density at radius 1 is 0.360 bits per heavy atom. The van der Waals surface area contributed by atoms with Crippen LogP contribution in [0.25, 0.3) is 0 Å². The van der Waals surface area contributed by atoms with E-state index in [1.165, 1.54) is 96.3 Å². The summed E-state index contributed by atoms with van der Waals surface area (Å²) in [6.45, 7) is 9.52. The van der Waals surface area contributed by atoms with Gasteiger partial charge in [-0.25, -0.2) is 0 Å². The molecule has 0 atom stereocenters. The summed E-state index contributed by atoms with van der Waals surface area (Å²) in [5, 5.41) is 0. The van der Waals surface area contributed by atoms with Gasteiger partial charge in [-0.3, -0.25) is 0 Å². The van der Waals surface area contributed by atoms with E-state index < -0.39 is 7.26 Å². The van der Waals surface area contributed by atoms with Gasteiger partial charge >= 0.3 is 0 Å². The SMILES string of the molecule is CCCCCCCCCCCCCC[P+](CCC)(CCC)CCC.[Cl-]. The molecule has 0 bridgehead atoms. The maximum absolute atomic E-state index is 2.41. The lowest BCUT2D eigenvalue weighted by Crippen LogP contribution is -3.00. The largest absolute Gasteiger partial charge is 1.00 e. The predicted octanol–water partition coefficient (Wildman–Crippen LogP) is 5.94. The summed E-state index contributed by atoms with van der Waals surface area (Å²) in [7, 11) is -0.576. The fourth-order valence-electron chi connectivity index (χ4n) is 4.38. The Labute approximate surface area is 168 Å². The Hall–Kier alpha value is 0.720. The fraction of sp³-hybridized carbons (Fsp3) is 1.00. The molecule has 0 aliphatic carbocycles. The van der Waals surface area contributed by atoms with E-state index in [1.54, 1.807) is 24.6 Å². The predicted molar refractivity (Wildman–Crippen MR) is 118 cm³/mol. The third-order valence-corrected chi connectivity index (χ3v) is 11.0. The normalized spacial score (nSPS) is 11.5. The molecule has 154 valence electrons. The van der Waals surface area contributed by atoms with E-state index in [0.717, 1.165) is 0 Å². The molecule has 0 unspecified atom stereocenters. The van der Waals surface area contributed by atoms with Crippen LogP contribution in [0.1, 0.15) is 124 Å². The number of halogens is 1. The quantitative estimate of drug-likeness (QED) is 0.188. The van der Waals surface area contributed by atoms with Crippen molar-refractivity contribution in [2.45, 2.75) is 124 Å². The van der Waals surface area contributed by atoms with Crippen molar-refractivity contribution in [2.24, 2.45) is 0 Å². The molecule has 0 aliphatic rings. The van der Waals surface area contributed by atoms with Gasteiger partial charge in [0.05, 0.1) is 24.6 Å². The van der Waals surface area contributed by atoms with Gasteiger partial charge in [0.2, 0.25) is 0 Å². The van der Waals surface area contributed by atoms with Crippen LogP contribution in [0.3, 0.4) is 0 Å². The first-order chi connectivity index (χ1) is 11.7. The van der Waals surface area contributed by atoms with Crippen LogP contribution in [0.4, 0.5) is 0 Å². The summed E-state index contributed by atoms with van der Waals surface area (Å²) >= 11 is 0. The van der Waals surface area contributed by atoms with Crippen LogP contribution < -0.4 is 12.4 Å². The van der Waals surface area contributed by atoms with E-state index in [4.69, 9.17) is 0 Å². The summed E-state index contributed by atoms with van der Waals surface area (Å²) in [4.78, 5) is 0. The molecule has 0 amide bonds. The Balaban J connectivity index is 0. The second-order valence-electron chi connectivity index (χ2n) is 8.13. The summed E-state index contributed by atoms with van der Waals surface area (Å²) in [5.41, 5.74) is 0. The summed E-state index contributed by atoms with van der Waals surface area (Å²) in [5.74, 6) is 0. The zero-order valence-corrected chi connectivity index (χ0v) is 19.9. The molecule has 0 fully saturated rings.